The molecule has 2 heterocycles. The summed E-state index contributed by atoms with van der Waals surface area (Å²) in [4.78, 5) is 28.0. The van der Waals surface area contributed by atoms with E-state index in [4.69, 9.17) is 5.73 Å². The standard InChI is InChI=1S/C13H19N3O2/c1-2-4-9-7-16(8-11(9)14)13(18)10-5-3-6-15-12(10)17/h3,5-6,9,11H,2,4,7-8,14H2,1H3,(H,15,17)/t9-,11-/m0/s1. The molecule has 3 N–H and O–H groups in total. The molecule has 1 aliphatic rings. The van der Waals surface area contributed by atoms with Crippen LogP contribution in [-0.4, -0.2) is 34.9 Å². The number of pyridine rings is 1. The Morgan fingerprint density at radius 2 is 2.33 bits per heavy atom. The minimum atomic E-state index is -0.338. The van der Waals surface area contributed by atoms with E-state index in [0.29, 0.717) is 19.0 Å². The van der Waals surface area contributed by atoms with Gasteiger partial charge in [-0.25, -0.2) is 0 Å². The molecular weight excluding hydrogens is 230 g/mol. The molecule has 1 aromatic rings. The number of hydrogen-bond acceptors (Lipinski definition) is 3. The van der Waals surface area contributed by atoms with Crippen molar-refractivity contribution in [3.05, 3.63) is 34.2 Å². The summed E-state index contributed by atoms with van der Waals surface area (Å²) in [5.74, 6) is 0.132. The number of aromatic nitrogens is 1. The predicted molar refractivity (Wildman–Crippen MR) is 69.3 cm³/mol. The number of nitrogens with two attached hydrogens (primary N) is 1. The first-order valence-electron chi connectivity index (χ1n) is 6.36. The Labute approximate surface area is 106 Å². The third-order valence-electron chi connectivity index (χ3n) is 3.49. The van der Waals surface area contributed by atoms with E-state index >= 15 is 0 Å². The molecule has 1 fully saturated rings. The molecule has 0 aliphatic carbocycles. The monoisotopic (exact) mass is 249 g/mol. The highest BCUT2D eigenvalue weighted by Crippen LogP contribution is 2.21. The van der Waals surface area contributed by atoms with E-state index in [1.54, 1.807) is 17.0 Å². The van der Waals surface area contributed by atoms with Gasteiger partial charge >= 0.3 is 0 Å². The van der Waals surface area contributed by atoms with Crippen LogP contribution in [0.25, 0.3) is 0 Å². The molecule has 2 rings (SSSR count). The van der Waals surface area contributed by atoms with Crippen LogP contribution >= 0.6 is 0 Å². The minimum absolute atomic E-state index is 0.0247. The number of likely N-dealkylation sites (tertiary alicyclic amines) is 1. The van der Waals surface area contributed by atoms with Gasteiger partial charge in [0.2, 0.25) is 0 Å². The topological polar surface area (TPSA) is 79.2 Å². The van der Waals surface area contributed by atoms with Gasteiger partial charge in [0.15, 0.2) is 0 Å². The van der Waals surface area contributed by atoms with E-state index in [-0.39, 0.29) is 23.1 Å². The van der Waals surface area contributed by atoms with Gasteiger partial charge < -0.3 is 15.6 Å². The molecule has 0 unspecified atom stereocenters. The largest absolute Gasteiger partial charge is 0.337 e. The molecule has 18 heavy (non-hydrogen) atoms. The van der Waals surface area contributed by atoms with Crippen LogP contribution in [0.2, 0.25) is 0 Å². The predicted octanol–water partition coefficient (Wildman–Crippen LogP) is 0.574. The van der Waals surface area contributed by atoms with Crippen LogP contribution in [0.4, 0.5) is 0 Å². The Bertz CT molecular complexity index is 483. The van der Waals surface area contributed by atoms with Gasteiger partial charge in [-0.2, -0.15) is 0 Å². The van der Waals surface area contributed by atoms with E-state index in [1.165, 1.54) is 6.20 Å². The zero-order valence-electron chi connectivity index (χ0n) is 10.6. The normalized spacial score (nSPS) is 23.3. The third-order valence-corrected chi connectivity index (χ3v) is 3.49. The van der Waals surface area contributed by atoms with Crippen molar-refractivity contribution in [1.29, 1.82) is 0 Å². The molecule has 0 bridgehead atoms. The van der Waals surface area contributed by atoms with E-state index in [2.05, 4.69) is 11.9 Å². The molecule has 0 aromatic carbocycles. The van der Waals surface area contributed by atoms with Gasteiger partial charge in [0, 0.05) is 25.3 Å². The smallest absolute Gasteiger partial charge is 0.260 e. The molecule has 1 aliphatic heterocycles. The molecule has 0 spiro atoms. The van der Waals surface area contributed by atoms with Gasteiger partial charge in [0.1, 0.15) is 5.56 Å². The van der Waals surface area contributed by atoms with Gasteiger partial charge in [-0.15, -0.1) is 0 Å². The summed E-state index contributed by atoms with van der Waals surface area (Å²) in [6.45, 7) is 3.30. The summed E-state index contributed by atoms with van der Waals surface area (Å²) in [5.41, 5.74) is 5.89. The van der Waals surface area contributed by atoms with Crippen molar-refractivity contribution in [3.63, 3.8) is 0 Å². The molecule has 2 atom stereocenters. The van der Waals surface area contributed by atoms with Crippen LogP contribution < -0.4 is 11.3 Å². The lowest BCUT2D eigenvalue weighted by Crippen LogP contribution is -2.35. The van der Waals surface area contributed by atoms with E-state index in [0.717, 1.165) is 12.8 Å². The molecular formula is C13H19N3O2. The highest BCUT2D eigenvalue weighted by Gasteiger charge is 2.33. The maximum Gasteiger partial charge on any atom is 0.260 e. The summed E-state index contributed by atoms with van der Waals surface area (Å²) < 4.78 is 0. The van der Waals surface area contributed by atoms with Crippen LogP contribution in [0.3, 0.4) is 0 Å². The summed E-state index contributed by atoms with van der Waals surface area (Å²) in [6.07, 6.45) is 3.61. The quantitative estimate of drug-likeness (QED) is 0.822. The number of rotatable bonds is 3. The number of nitrogens with zero attached hydrogens (tertiary/aromatic N) is 1. The van der Waals surface area contributed by atoms with Crippen LogP contribution in [0.1, 0.15) is 30.1 Å². The van der Waals surface area contributed by atoms with Crippen LogP contribution in [0, 0.1) is 5.92 Å². The Kier molecular flexibility index (Phi) is 3.81. The fourth-order valence-corrected chi connectivity index (χ4v) is 2.50. The number of nitrogens with one attached hydrogen (secondary N) is 1. The highest BCUT2D eigenvalue weighted by atomic mass is 16.2. The summed E-state index contributed by atoms with van der Waals surface area (Å²) in [6, 6.07) is 3.24. The van der Waals surface area contributed by atoms with Crippen molar-refractivity contribution in [2.24, 2.45) is 11.7 Å². The van der Waals surface area contributed by atoms with Gasteiger partial charge in [-0.3, -0.25) is 9.59 Å². The first-order valence-corrected chi connectivity index (χ1v) is 6.36. The molecule has 1 amide bonds. The first kappa shape index (κ1) is 12.8. The summed E-state index contributed by atoms with van der Waals surface area (Å²) in [5, 5.41) is 0. The molecule has 1 saturated heterocycles. The van der Waals surface area contributed by atoms with Gasteiger partial charge in [-0.05, 0) is 24.5 Å². The second-order valence-corrected chi connectivity index (χ2v) is 4.84. The lowest BCUT2D eigenvalue weighted by atomic mass is 9.99. The number of amides is 1. The number of hydrogen-bond donors (Lipinski definition) is 2. The Morgan fingerprint density at radius 3 is 3.00 bits per heavy atom. The van der Waals surface area contributed by atoms with E-state index < -0.39 is 0 Å². The average Bonchev–Trinajstić information content (AvgIpc) is 2.71. The lowest BCUT2D eigenvalue weighted by molar-refractivity contribution is 0.0783. The second kappa shape index (κ2) is 5.35. The zero-order valence-corrected chi connectivity index (χ0v) is 10.6. The molecule has 1 aromatic heterocycles. The molecule has 0 radical (unpaired) electrons. The van der Waals surface area contributed by atoms with Crippen molar-refractivity contribution < 1.29 is 4.79 Å². The lowest BCUT2D eigenvalue weighted by Gasteiger charge is -2.15. The molecule has 98 valence electrons. The van der Waals surface area contributed by atoms with Crippen molar-refractivity contribution >= 4 is 5.91 Å². The van der Waals surface area contributed by atoms with Crippen molar-refractivity contribution in [2.45, 2.75) is 25.8 Å². The Hall–Kier alpha value is -1.62. The van der Waals surface area contributed by atoms with Crippen molar-refractivity contribution in [3.8, 4) is 0 Å². The van der Waals surface area contributed by atoms with Crippen LogP contribution in [0.5, 0.6) is 0 Å². The number of aromatic amines is 1. The summed E-state index contributed by atoms with van der Waals surface area (Å²) in [7, 11) is 0. The van der Waals surface area contributed by atoms with Gasteiger partial charge in [0.25, 0.3) is 11.5 Å². The van der Waals surface area contributed by atoms with Crippen LogP contribution in [0.15, 0.2) is 23.1 Å². The first-order chi connectivity index (χ1) is 8.63. The highest BCUT2D eigenvalue weighted by molar-refractivity contribution is 5.94. The van der Waals surface area contributed by atoms with Gasteiger partial charge in [0.05, 0.1) is 0 Å². The third kappa shape index (κ3) is 2.46. The number of carbonyl (C=O) groups excluding carboxylic acids is 1. The second-order valence-electron chi connectivity index (χ2n) is 4.84. The number of carbonyl (C=O) groups is 1. The van der Waals surface area contributed by atoms with Crippen LogP contribution in [-0.2, 0) is 0 Å². The van der Waals surface area contributed by atoms with Crippen molar-refractivity contribution in [1.82, 2.24) is 9.88 Å². The SMILES string of the molecule is CCC[C@H]1CN(C(=O)c2ccc[nH]c2=O)C[C@@H]1N. The maximum atomic E-state index is 12.2. The average molecular weight is 249 g/mol. The maximum absolute atomic E-state index is 12.2. The minimum Gasteiger partial charge on any atom is -0.337 e. The molecule has 0 saturated carbocycles. The fourth-order valence-electron chi connectivity index (χ4n) is 2.50. The Morgan fingerprint density at radius 1 is 1.56 bits per heavy atom. The van der Waals surface area contributed by atoms with E-state index in [1.807, 2.05) is 0 Å². The zero-order chi connectivity index (χ0) is 13.1. The molecule has 5 nitrogen and oxygen atoms in total. The van der Waals surface area contributed by atoms with Gasteiger partial charge in [-0.1, -0.05) is 13.3 Å². The fraction of sp³-hybridized carbons (Fsp3) is 0.538. The Balaban J connectivity index is 2.12. The van der Waals surface area contributed by atoms with E-state index in [9.17, 15) is 9.59 Å². The number of H-pyrrole nitrogens is 1. The summed E-state index contributed by atoms with van der Waals surface area (Å²) >= 11 is 0. The molecule has 5 heteroatoms. The van der Waals surface area contributed by atoms with Crippen molar-refractivity contribution in [2.75, 3.05) is 13.1 Å².